The maximum Gasteiger partial charge on any atom is 0.319 e. The molecule has 1 fully saturated rings. The van der Waals surface area contributed by atoms with Gasteiger partial charge in [0.25, 0.3) is 0 Å². The van der Waals surface area contributed by atoms with Crippen molar-refractivity contribution >= 4 is 58.1 Å². The minimum Gasteiger partial charge on any atom is -0.490 e. The molecular formula is C21H23Cl4N3O2. The highest BCUT2D eigenvalue weighted by Crippen LogP contribution is 2.28. The minimum atomic E-state index is -0.262. The Bertz CT molecular complexity index is 873. The molecule has 2 amide bonds. The fourth-order valence-corrected chi connectivity index (χ4v) is 3.83. The second-order valence-corrected chi connectivity index (χ2v) is 8.73. The topological polar surface area (TPSA) is 53.6 Å². The van der Waals surface area contributed by atoms with Gasteiger partial charge in [-0.05, 0) is 56.1 Å². The third kappa shape index (κ3) is 7.10. The second kappa shape index (κ2) is 11.3. The number of hydrogen-bond acceptors (Lipinski definition) is 3. The zero-order chi connectivity index (χ0) is 21.5. The van der Waals surface area contributed by atoms with Crippen LogP contribution >= 0.6 is 46.4 Å². The molecule has 0 bridgehead atoms. The van der Waals surface area contributed by atoms with E-state index in [9.17, 15) is 4.79 Å². The Morgan fingerprint density at radius 2 is 1.63 bits per heavy atom. The molecule has 2 N–H and O–H groups in total. The summed E-state index contributed by atoms with van der Waals surface area (Å²) in [6.07, 6.45) is 2.94. The van der Waals surface area contributed by atoms with E-state index in [0.29, 0.717) is 32.3 Å². The largest absolute Gasteiger partial charge is 0.490 e. The second-order valence-electron chi connectivity index (χ2n) is 7.10. The first kappa shape index (κ1) is 23.3. The lowest BCUT2D eigenvalue weighted by molar-refractivity contribution is 0.100. The highest BCUT2D eigenvalue weighted by molar-refractivity contribution is 6.42. The number of nitrogens with zero attached hydrogens (tertiary/aromatic N) is 1. The van der Waals surface area contributed by atoms with Crippen LogP contribution in [0.25, 0.3) is 0 Å². The number of anilines is 1. The van der Waals surface area contributed by atoms with Gasteiger partial charge in [-0.2, -0.15) is 0 Å². The van der Waals surface area contributed by atoms with E-state index in [-0.39, 0.29) is 12.1 Å². The summed E-state index contributed by atoms with van der Waals surface area (Å²) in [6.45, 7) is 3.43. The van der Waals surface area contributed by atoms with Crippen molar-refractivity contribution in [3.8, 4) is 5.75 Å². The number of piperidine rings is 1. The molecule has 162 valence electrons. The number of carbonyl (C=O) groups is 1. The van der Waals surface area contributed by atoms with E-state index in [4.69, 9.17) is 51.1 Å². The maximum absolute atomic E-state index is 12.0. The first-order chi connectivity index (χ1) is 14.4. The fourth-order valence-electron chi connectivity index (χ4n) is 3.25. The van der Waals surface area contributed by atoms with E-state index in [1.54, 1.807) is 30.3 Å². The number of nitrogens with one attached hydrogen (secondary N) is 2. The van der Waals surface area contributed by atoms with E-state index >= 15 is 0 Å². The molecule has 0 atom stereocenters. The lowest BCUT2D eigenvalue weighted by Crippen LogP contribution is -2.39. The number of benzene rings is 2. The first-order valence-electron chi connectivity index (χ1n) is 9.74. The number of likely N-dealkylation sites (tertiary alicyclic amines) is 1. The van der Waals surface area contributed by atoms with Crippen molar-refractivity contribution in [2.75, 3.05) is 31.5 Å². The third-order valence-electron chi connectivity index (χ3n) is 4.84. The summed E-state index contributed by atoms with van der Waals surface area (Å²) in [5.41, 5.74) is 0.603. The van der Waals surface area contributed by atoms with Gasteiger partial charge in [0.05, 0.1) is 20.1 Å². The van der Waals surface area contributed by atoms with Gasteiger partial charge in [-0.25, -0.2) is 4.79 Å². The molecule has 0 radical (unpaired) electrons. The van der Waals surface area contributed by atoms with E-state index in [2.05, 4.69) is 15.5 Å². The van der Waals surface area contributed by atoms with E-state index in [0.717, 1.165) is 44.6 Å². The summed E-state index contributed by atoms with van der Waals surface area (Å²) in [5.74, 6) is 0.750. The van der Waals surface area contributed by atoms with Gasteiger partial charge < -0.3 is 20.3 Å². The predicted molar refractivity (Wildman–Crippen MR) is 125 cm³/mol. The van der Waals surface area contributed by atoms with Gasteiger partial charge in [0, 0.05) is 31.4 Å². The van der Waals surface area contributed by atoms with Crippen LogP contribution in [0.15, 0.2) is 36.4 Å². The highest BCUT2D eigenvalue weighted by Gasteiger charge is 2.20. The molecule has 0 aromatic heterocycles. The zero-order valence-corrected chi connectivity index (χ0v) is 19.3. The maximum atomic E-state index is 12.0. The van der Waals surface area contributed by atoms with Crippen LogP contribution in [-0.4, -0.2) is 43.2 Å². The lowest BCUT2D eigenvalue weighted by Gasteiger charge is -2.32. The molecule has 1 saturated heterocycles. The van der Waals surface area contributed by atoms with Crippen LogP contribution < -0.4 is 15.4 Å². The van der Waals surface area contributed by atoms with E-state index < -0.39 is 0 Å². The zero-order valence-electron chi connectivity index (χ0n) is 16.3. The van der Waals surface area contributed by atoms with Crippen LogP contribution in [0.3, 0.4) is 0 Å². The summed E-state index contributed by atoms with van der Waals surface area (Å²) in [4.78, 5) is 14.4. The van der Waals surface area contributed by atoms with Crippen LogP contribution in [0, 0.1) is 0 Å². The van der Waals surface area contributed by atoms with Crippen molar-refractivity contribution in [2.24, 2.45) is 0 Å². The van der Waals surface area contributed by atoms with Crippen molar-refractivity contribution < 1.29 is 9.53 Å². The SMILES string of the molecule is O=C(NCCCN1CCC(Oc2ccc(Cl)c(Cl)c2)CC1)Nc1ccc(Cl)c(Cl)c1. The minimum absolute atomic E-state index is 0.175. The number of halogens is 4. The van der Waals surface area contributed by atoms with Crippen LogP contribution in [0.1, 0.15) is 19.3 Å². The predicted octanol–water partition coefficient (Wildman–Crippen LogP) is 6.36. The smallest absolute Gasteiger partial charge is 0.319 e. The van der Waals surface area contributed by atoms with Crippen LogP contribution in [0.4, 0.5) is 10.5 Å². The number of ether oxygens (including phenoxy) is 1. The standard InChI is InChI=1S/C21H23Cl4N3O2/c22-17-4-2-14(12-19(17)24)27-21(29)26-8-1-9-28-10-6-15(7-11-28)30-16-3-5-18(23)20(25)13-16/h2-5,12-13,15H,1,6-11H2,(H2,26,27,29). The summed E-state index contributed by atoms with van der Waals surface area (Å²) >= 11 is 23.8. The van der Waals surface area contributed by atoms with Gasteiger partial charge in [0.15, 0.2) is 0 Å². The molecule has 0 saturated carbocycles. The number of carbonyl (C=O) groups excluding carboxylic acids is 1. The molecule has 30 heavy (non-hydrogen) atoms. The van der Waals surface area contributed by atoms with Gasteiger partial charge >= 0.3 is 6.03 Å². The summed E-state index contributed by atoms with van der Waals surface area (Å²) in [5, 5.41) is 7.48. The van der Waals surface area contributed by atoms with Crippen molar-refractivity contribution in [2.45, 2.75) is 25.4 Å². The summed E-state index contributed by atoms with van der Waals surface area (Å²) in [6, 6.07) is 10.1. The Balaban J connectivity index is 1.30. The first-order valence-corrected chi connectivity index (χ1v) is 11.3. The molecule has 5 nitrogen and oxygen atoms in total. The average molecular weight is 491 g/mol. The number of urea groups is 1. The Morgan fingerprint density at radius 3 is 2.30 bits per heavy atom. The molecule has 2 aromatic carbocycles. The molecule has 3 rings (SSSR count). The Morgan fingerprint density at radius 1 is 0.967 bits per heavy atom. The Hall–Kier alpha value is -1.37. The van der Waals surface area contributed by atoms with Crippen molar-refractivity contribution in [1.82, 2.24) is 10.2 Å². The fraction of sp³-hybridized carbons (Fsp3) is 0.381. The molecule has 0 spiro atoms. The van der Waals surface area contributed by atoms with Crippen LogP contribution in [0.2, 0.25) is 20.1 Å². The Kier molecular flexibility index (Phi) is 8.78. The third-order valence-corrected chi connectivity index (χ3v) is 6.32. The molecule has 9 heteroatoms. The van der Waals surface area contributed by atoms with E-state index in [1.807, 2.05) is 6.07 Å². The number of amides is 2. The molecular weight excluding hydrogens is 468 g/mol. The molecule has 1 heterocycles. The molecule has 1 aliphatic heterocycles. The van der Waals surface area contributed by atoms with Gasteiger partial charge in [0.2, 0.25) is 0 Å². The normalized spacial score (nSPS) is 15.1. The van der Waals surface area contributed by atoms with Gasteiger partial charge in [0.1, 0.15) is 11.9 Å². The summed E-state index contributed by atoms with van der Waals surface area (Å²) < 4.78 is 6.02. The average Bonchev–Trinajstić information content (AvgIpc) is 2.72. The highest BCUT2D eigenvalue weighted by atomic mass is 35.5. The van der Waals surface area contributed by atoms with Crippen molar-refractivity contribution in [3.05, 3.63) is 56.5 Å². The van der Waals surface area contributed by atoms with Gasteiger partial charge in [-0.3, -0.25) is 0 Å². The van der Waals surface area contributed by atoms with Crippen LogP contribution in [-0.2, 0) is 0 Å². The number of rotatable bonds is 7. The molecule has 0 aliphatic carbocycles. The Labute approximate surface area is 196 Å². The monoisotopic (exact) mass is 489 g/mol. The quantitative estimate of drug-likeness (QED) is 0.444. The lowest BCUT2D eigenvalue weighted by atomic mass is 10.1. The summed E-state index contributed by atoms with van der Waals surface area (Å²) in [7, 11) is 0. The van der Waals surface area contributed by atoms with Gasteiger partial charge in [-0.15, -0.1) is 0 Å². The van der Waals surface area contributed by atoms with Crippen LogP contribution in [0.5, 0.6) is 5.75 Å². The van der Waals surface area contributed by atoms with Crippen molar-refractivity contribution in [3.63, 3.8) is 0 Å². The molecule has 0 unspecified atom stereocenters. The van der Waals surface area contributed by atoms with E-state index in [1.165, 1.54) is 0 Å². The van der Waals surface area contributed by atoms with Gasteiger partial charge in [-0.1, -0.05) is 46.4 Å². The number of hydrogen-bond donors (Lipinski definition) is 2. The van der Waals surface area contributed by atoms with Crippen molar-refractivity contribution in [1.29, 1.82) is 0 Å². The molecule has 2 aromatic rings. The molecule has 1 aliphatic rings.